The van der Waals surface area contributed by atoms with E-state index in [4.69, 9.17) is 0 Å². The second-order valence-electron chi connectivity index (χ2n) is 3.97. The van der Waals surface area contributed by atoms with Gasteiger partial charge in [-0.1, -0.05) is 6.07 Å². The number of aromatic nitrogens is 1. The van der Waals surface area contributed by atoms with Crippen LogP contribution in [0.2, 0.25) is 0 Å². The van der Waals surface area contributed by atoms with Crippen molar-refractivity contribution in [2.45, 2.75) is 6.92 Å². The minimum absolute atomic E-state index is 0.0445. The maximum absolute atomic E-state index is 13.5. The molecule has 0 fully saturated rings. The Balaban J connectivity index is 2.18. The number of carbonyl (C=O) groups excluding carboxylic acids is 1. The first-order chi connectivity index (χ1) is 9.59. The van der Waals surface area contributed by atoms with Crippen molar-refractivity contribution >= 4 is 11.6 Å². The van der Waals surface area contributed by atoms with Gasteiger partial charge in [0.05, 0.1) is 11.3 Å². The molecule has 0 spiro atoms. The number of halogens is 2. The first kappa shape index (κ1) is 13.8. The van der Waals surface area contributed by atoms with Crippen LogP contribution < -0.4 is 5.43 Å². The van der Waals surface area contributed by atoms with Gasteiger partial charge in [0, 0.05) is 18.0 Å². The van der Waals surface area contributed by atoms with Crippen molar-refractivity contribution in [1.82, 2.24) is 10.4 Å². The third-order valence-corrected chi connectivity index (χ3v) is 2.59. The number of amides is 1. The molecule has 0 atom stereocenters. The lowest BCUT2D eigenvalue weighted by atomic mass is 10.1. The van der Waals surface area contributed by atoms with Crippen LogP contribution in [-0.4, -0.2) is 16.6 Å². The van der Waals surface area contributed by atoms with E-state index in [1.807, 2.05) is 0 Å². The summed E-state index contributed by atoms with van der Waals surface area (Å²) in [5, 5.41) is 3.71. The summed E-state index contributed by atoms with van der Waals surface area (Å²) < 4.78 is 27.0. The molecule has 0 aliphatic rings. The Labute approximate surface area is 114 Å². The summed E-state index contributed by atoms with van der Waals surface area (Å²) >= 11 is 0. The number of hydrogen-bond acceptors (Lipinski definition) is 3. The summed E-state index contributed by atoms with van der Waals surface area (Å²) in [4.78, 5) is 15.5. The van der Waals surface area contributed by atoms with E-state index in [0.29, 0.717) is 5.56 Å². The number of nitrogens with one attached hydrogen (secondary N) is 1. The van der Waals surface area contributed by atoms with Crippen molar-refractivity contribution in [3.8, 4) is 0 Å². The van der Waals surface area contributed by atoms with E-state index in [1.54, 1.807) is 0 Å². The van der Waals surface area contributed by atoms with Gasteiger partial charge < -0.3 is 0 Å². The summed E-state index contributed by atoms with van der Waals surface area (Å²) in [6, 6.07) is 6.52. The number of rotatable bonds is 3. The Morgan fingerprint density at radius 1 is 1.15 bits per heavy atom. The van der Waals surface area contributed by atoms with E-state index >= 15 is 0 Å². The molecule has 0 saturated heterocycles. The maximum atomic E-state index is 13.5. The molecule has 1 aromatic carbocycles. The van der Waals surface area contributed by atoms with Gasteiger partial charge in [-0.2, -0.15) is 5.10 Å². The lowest BCUT2D eigenvalue weighted by molar-refractivity contribution is 0.0954. The van der Waals surface area contributed by atoms with Crippen LogP contribution in [0.4, 0.5) is 8.78 Å². The van der Waals surface area contributed by atoms with Crippen molar-refractivity contribution in [2.24, 2.45) is 5.10 Å². The minimum atomic E-state index is -0.732. The maximum Gasteiger partial charge on any atom is 0.271 e. The largest absolute Gasteiger partial charge is 0.271 e. The Morgan fingerprint density at radius 2 is 1.75 bits per heavy atom. The summed E-state index contributed by atoms with van der Waals surface area (Å²) in [5.74, 6) is -1.95. The fourth-order valence-electron chi connectivity index (χ4n) is 1.60. The van der Waals surface area contributed by atoms with Crippen LogP contribution in [0.25, 0.3) is 0 Å². The van der Waals surface area contributed by atoms with Crippen LogP contribution in [0.15, 0.2) is 47.8 Å². The average molecular weight is 275 g/mol. The second kappa shape index (κ2) is 6.01. The zero-order valence-corrected chi connectivity index (χ0v) is 10.6. The number of pyridine rings is 1. The number of carbonyl (C=O) groups is 1. The Hall–Kier alpha value is -2.63. The predicted molar refractivity (Wildman–Crippen MR) is 70.3 cm³/mol. The quantitative estimate of drug-likeness (QED) is 0.691. The smallest absolute Gasteiger partial charge is 0.267 e. The molecule has 0 aliphatic heterocycles. The highest BCUT2D eigenvalue weighted by molar-refractivity contribution is 6.01. The highest BCUT2D eigenvalue weighted by atomic mass is 19.1. The lowest BCUT2D eigenvalue weighted by Crippen LogP contribution is -2.20. The van der Waals surface area contributed by atoms with E-state index in [9.17, 15) is 13.6 Å². The predicted octanol–water partition coefficient (Wildman–Crippen LogP) is 2.51. The van der Waals surface area contributed by atoms with Gasteiger partial charge in [0.1, 0.15) is 11.6 Å². The zero-order valence-electron chi connectivity index (χ0n) is 10.6. The molecule has 20 heavy (non-hydrogen) atoms. The van der Waals surface area contributed by atoms with Crippen molar-refractivity contribution < 1.29 is 13.6 Å². The van der Waals surface area contributed by atoms with Gasteiger partial charge in [-0.3, -0.25) is 9.78 Å². The van der Waals surface area contributed by atoms with Crippen LogP contribution in [0, 0.1) is 11.6 Å². The standard InChI is InChI=1S/C14H11F2N3O/c1-9(13-11(15)3-2-4-12(13)16)18-19-14(20)10-5-7-17-8-6-10/h2-8H,1H3,(H,19,20)/b18-9-. The fourth-order valence-corrected chi connectivity index (χ4v) is 1.60. The van der Waals surface area contributed by atoms with E-state index in [1.165, 1.54) is 37.5 Å². The molecule has 2 aromatic rings. The third kappa shape index (κ3) is 3.03. The van der Waals surface area contributed by atoms with Gasteiger partial charge in [0.25, 0.3) is 5.91 Å². The van der Waals surface area contributed by atoms with E-state index in [0.717, 1.165) is 12.1 Å². The summed E-state index contributed by atoms with van der Waals surface area (Å²) in [6.07, 6.45) is 2.92. The summed E-state index contributed by atoms with van der Waals surface area (Å²) in [7, 11) is 0. The molecule has 1 aromatic heterocycles. The number of hydrazone groups is 1. The molecule has 1 heterocycles. The van der Waals surface area contributed by atoms with E-state index in [2.05, 4.69) is 15.5 Å². The summed E-state index contributed by atoms with van der Waals surface area (Å²) in [6.45, 7) is 1.41. The minimum Gasteiger partial charge on any atom is -0.267 e. The molecule has 2 rings (SSSR count). The van der Waals surface area contributed by atoms with E-state index in [-0.39, 0.29) is 11.3 Å². The first-order valence-corrected chi connectivity index (χ1v) is 5.78. The summed E-state index contributed by atoms with van der Waals surface area (Å²) in [5.41, 5.74) is 2.37. The van der Waals surface area contributed by atoms with Gasteiger partial charge in [0.15, 0.2) is 0 Å². The highest BCUT2D eigenvalue weighted by Crippen LogP contribution is 2.12. The number of hydrogen-bond donors (Lipinski definition) is 1. The van der Waals surface area contributed by atoms with Gasteiger partial charge in [-0.05, 0) is 31.2 Å². The Morgan fingerprint density at radius 3 is 2.35 bits per heavy atom. The molecule has 0 radical (unpaired) electrons. The van der Waals surface area contributed by atoms with Crippen LogP contribution in [0.3, 0.4) is 0 Å². The SMILES string of the molecule is C/C(=N/NC(=O)c1ccncc1)c1c(F)cccc1F. The van der Waals surface area contributed by atoms with Crippen molar-refractivity contribution in [1.29, 1.82) is 0 Å². The Kier molecular flexibility index (Phi) is 4.14. The molecule has 0 unspecified atom stereocenters. The molecule has 0 aliphatic carbocycles. The van der Waals surface area contributed by atoms with E-state index < -0.39 is 17.5 Å². The molecule has 0 saturated carbocycles. The Bertz CT molecular complexity index is 636. The third-order valence-electron chi connectivity index (χ3n) is 2.59. The van der Waals surface area contributed by atoms with Gasteiger partial charge >= 0.3 is 0 Å². The first-order valence-electron chi connectivity index (χ1n) is 5.78. The van der Waals surface area contributed by atoms with Crippen LogP contribution in [0.5, 0.6) is 0 Å². The molecular weight excluding hydrogens is 264 g/mol. The average Bonchev–Trinajstić information content (AvgIpc) is 2.45. The van der Waals surface area contributed by atoms with Crippen LogP contribution >= 0.6 is 0 Å². The molecule has 102 valence electrons. The monoisotopic (exact) mass is 275 g/mol. The normalized spacial score (nSPS) is 11.2. The highest BCUT2D eigenvalue weighted by Gasteiger charge is 2.12. The van der Waals surface area contributed by atoms with Crippen molar-refractivity contribution in [3.05, 3.63) is 65.5 Å². The van der Waals surface area contributed by atoms with Gasteiger partial charge in [-0.15, -0.1) is 0 Å². The van der Waals surface area contributed by atoms with Crippen LogP contribution in [-0.2, 0) is 0 Å². The lowest BCUT2D eigenvalue weighted by Gasteiger charge is -2.05. The van der Waals surface area contributed by atoms with Crippen molar-refractivity contribution in [2.75, 3.05) is 0 Å². The number of nitrogens with zero attached hydrogens (tertiary/aromatic N) is 2. The second-order valence-corrected chi connectivity index (χ2v) is 3.97. The molecule has 0 bridgehead atoms. The zero-order chi connectivity index (χ0) is 14.5. The van der Waals surface area contributed by atoms with Crippen molar-refractivity contribution in [3.63, 3.8) is 0 Å². The molecule has 6 heteroatoms. The molecule has 4 nitrogen and oxygen atoms in total. The fraction of sp³-hybridized carbons (Fsp3) is 0.0714. The molecule has 1 N–H and O–H groups in total. The van der Waals surface area contributed by atoms with Gasteiger partial charge in [-0.25, -0.2) is 14.2 Å². The van der Waals surface area contributed by atoms with Crippen LogP contribution in [0.1, 0.15) is 22.8 Å². The molecular formula is C14H11F2N3O. The number of benzene rings is 1. The molecule has 1 amide bonds. The topological polar surface area (TPSA) is 54.4 Å². The van der Waals surface area contributed by atoms with Gasteiger partial charge in [0.2, 0.25) is 0 Å².